The van der Waals surface area contributed by atoms with Crippen molar-refractivity contribution in [3.63, 3.8) is 0 Å². The summed E-state index contributed by atoms with van der Waals surface area (Å²) in [6.07, 6.45) is 6.05. The van der Waals surface area contributed by atoms with E-state index in [0.717, 1.165) is 90.8 Å². The van der Waals surface area contributed by atoms with Crippen LogP contribution in [0.25, 0.3) is 17.0 Å². The predicted octanol–water partition coefficient (Wildman–Crippen LogP) is 5.82. The number of benzene rings is 2. The van der Waals surface area contributed by atoms with E-state index in [1.807, 2.05) is 59.2 Å². The zero-order chi connectivity index (χ0) is 34.2. The van der Waals surface area contributed by atoms with Crippen LogP contribution in [0.4, 0.5) is 26.5 Å². The number of nitrogens with zero attached hydrogens (tertiary/aromatic N) is 8. The third-order valence-electron chi connectivity index (χ3n) is 10.3. The number of imidazole rings is 1. The average Bonchev–Trinajstić information content (AvgIpc) is 3.80. The molecule has 3 amide bonds. The first-order chi connectivity index (χ1) is 24.4. The number of pyridine rings is 1. The maximum Gasteiger partial charge on any atom is 0.328 e. The van der Waals surface area contributed by atoms with Gasteiger partial charge in [0.2, 0.25) is 5.91 Å². The molecule has 1 N–H and O–H groups in total. The smallest absolute Gasteiger partial charge is 0.328 e. The Labute approximate surface area is 290 Å². The van der Waals surface area contributed by atoms with Crippen LogP contribution in [0.3, 0.4) is 0 Å². The number of hydrogen-bond donors (Lipinski definition) is 1. The number of para-hydroxylation sites is 1. The van der Waals surface area contributed by atoms with Gasteiger partial charge in [0.15, 0.2) is 5.65 Å². The Hall–Kier alpha value is -5.36. The van der Waals surface area contributed by atoms with Crippen LogP contribution >= 0.6 is 0 Å². The van der Waals surface area contributed by atoms with E-state index in [1.165, 1.54) is 6.07 Å². The van der Waals surface area contributed by atoms with Gasteiger partial charge >= 0.3 is 6.03 Å². The Morgan fingerprint density at radius 1 is 0.900 bits per heavy atom. The van der Waals surface area contributed by atoms with Crippen LogP contribution < -0.4 is 20.0 Å². The molecule has 1 atom stereocenters. The summed E-state index contributed by atoms with van der Waals surface area (Å²) in [5, 5.41) is 7.47. The van der Waals surface area contributed by atoms with Crippen molar-refractivity contribution in [3.8, 4) is 11.4 Å². The number of carbonyl (C=O) groups is 2. The number of anilines is 3. The number of urea groups is 1. The SMILES string of the molecule is CN(Cc1ccccc1N1CCC(=O)NC1=O)C1CCN(c2cccc(-c3cnc4ccc(N5CCC[C@@H]5c5cccc(F)c5)nn34)n2)CC1. The lowest BCUT2D eigenvalue weighted by atomic mass is 10.0. The fourth-order valence-electron chi connectivity index (χ4n) is 7.67. The Morgan fingerprint density at radius 2 is 1.74 bits per heavy atom. The van der Waals surface area contributed by atoms with Crippen LogP contribution in [-0.2, 0) is 11.3 Å². The number of rotatable bonds is 8. The fraction of sp³-hybridized carbons (Fsp3) is 0.342. The predicted molar refractivity (Wildman–Crippen MR) is 191 cm³/mol. The lowest BCUT2D eigenvalue weighted by Crippen LogP contribution is -2.50. The van der Waals surface area contributed by atoms with E-state index >= 15 is 0 Å². The van der Waals surface area contributed by atoms with Crippen molar-refractivity contribution in [1.82, 2.24) is 29.8 Å². The summed E-state index contributed by atoms with van der Waals surface area (Å²) >= 11 is 0. The van der Waals surface area contributed by atoms with Gasteiger partial charge in [-0.05, 0) is 86.3 Å². The van der Waals surface area contributed by atoms with Crippen molar-refractivity contribution in [2.24, 2.45) is 0 Å². The summed E-state index contributed by atoms with van der Waals surface area (Å²) in [5.41, 5.74) is 5.26. The number of fused-ring (bicyclic) bond motifs is 1. The molecule has 0 bridgehead atoms. The summed E-state index contributed by atoms with van der Waals surface area (Å²) in [5.74, 6) is 1.31. The van der Waals surface area contributed by atoms with Crippen LogP contribution in [-0.4, -0.2) is 75.7 Å². The first-order valence-corrected chi connectivity index (χ1v) is 17.4. The molecule has 0 unspecified atom stereocenters. The second-order valence-corrected chi connectivity index (χ2v) is 13.4. The third-order valence-corrected chi connectivity index (χ3v) is 10.3. The molecule has 12 heteroatoms. The quantitative estimate of drug-likeness (QED) is 0.220. The molecule has 5 aromatic rings. The molecule has 0 aliphatic carbocycles. The summed E-state index contributed by atoms with van der Waals surface area (Å²) < 4.78 is 15.9. The Morgan fingerprint density at radius 3 is 2.58 bits per heavy atom. The molecule has 0 spiro atoms. The molecule has 6 heterocycles. The first-order valence-electron chi connectivity index (χ1n) is 17.4. The van der Waals surface area contributed by atoms with Gasteiger partial charge in [0.25, 0.3) is 0 Å². The minimum Gasteiger partial charge on any atom is -0.356 e. The van der Waals surface area contributed by atoms with E-state index in [4.69, 9.17) is 10.1 Å². The molecule has 3 fully saturated rings. The summed E-state index contributed by atoms with van der Waals surface area (Å²) in [7, 11) is 2.14. The number of amides is 3. The lowest BCUT2D eigenvalue weighted by Gasteiger charge is -2.38. The molecule has 0 saturated carbocycles. The molecule has 2 aromatic carbocycles. The largest absolute Gasteiger partial charge is 0.356 e. The molecular weight excluding hydrogens is 633 g/mol. The fourth-order valence-corrected chi connectivity index (χ4v) is 7.67. The normalized spacial score (nSPS) is 18.8. The van der Waals surface area contributed by atoms with Crippen LogP contribution in [0, 0.1) is 5.82 Å². The Balaban J connectivity index is 0.953. The molecule has 3 aliphatic heterocycles. The highest BCUT2D eigenvalue weighted by Crippen LogP contribution is 2.36. The number of hydrogen-bond acceptors (Lipinski definition) is 8. The zero-order valence-corrected chi connectivity index (χ0v) is 28.1. The monoisotopic (exact) mass is 673 g/mol. The van der Waals surface area contributed by atoms with Crippen molar-refractivity contribution >= 4 is 34.9 Å². The van der Waals surface area contributed by atoms with E-state index in [2.05, 4.69) is 44.2 Å². The number of carbonyl (C=O) groups excluding carboxylic acids is 2. The molecule has 3 saturated heterocycles. The zero-order valence-electron chi connectivity index (χ0n) is 28.1. The van der Waals surface area contributed by atoms with Crippen LogP contribution in [0.2, 0.25) is 0 Å². The summed E-state index contributed by atoms with van der Waals surface area (Å²) in [4.78, 5) is 42.6. The molecule has 50 heavy (non-hydrogen) atoms. The van der Waals surface area contributed by atoms with Crippen molar-refractivity contribution in [2.45, 2.75) is 50.7 Å². The highest BCUT2D eigenvalue weighted by atomic mass is 19.1. The van der Waals surface area contributed by atoms with Gasteiger partial charge in [-0.25, -0.2) is 23.7 Å². The van der Waals surface area contributed by atoms with Gasteiger partial charge < -0.3 is 9.80 Å². The van der Waals surface area contributed by atoms with Gasteiger partial charge in [0, 0.05) is 50.9 Å². The highest BCUT2D eigenvalue weighted by Gasteiger charge is 2.30. The second kappa shape index (κ2) is 13.5. The van der Waals surface area contributed by atoms with Gasteiger partial charge in [-0.3, -0.25) is 19.9 Å². The number of piperidine rings is 1. The molecule has 3 aliphatic rings. The van der Waals surface area contributed by atoms with Crippen LogP contribution in [0.5, 0.6) is 0 Å². The molecular formula is C38H40FN9O2. The van der Waals surface area contributed by atoms with Gasteiger partial charge in [0.05, 0.1) is 17.9 Å². The van der Waals surface area contributed by atoms with E-state index in [1.54, 1.807) is 17.0 Å². The van der Waals surface area contributed by atoms with Crippen molar-refractivity contribution in [3.05, 3.63) is 102 Å². The van der Waals surface area contributed by atoms with E-state index < -0.39 is 0 Å². The molecule has 8 rings (SSSR count). The van der Waals surface area contributed by atoms with Gasteiger partial charge in [-0.1, -0.05) is 36.4 Å². The number of nitrogens with one attached hydrogen (secondary N) is 1. The first kappa shape index (κ1) is 31.9. The number of imide groups is 1. The van der Waals surface area contributed by atoms with E-state index in [-0.39, 0.29) is 23.8 Å². The number of halogens is 1. The molecule has 11 nitrogen and oxygen atoms in total. The Kier molecular flexibility index (Phi) is 8.61. The molecule has 0 radical (unpaired) electrons. The van der Waals surface area contributed by atoms with Crippen molar-refractivity contribution in [2.75, 3.05) is 47.9 Å². The average molecular weight is 674 g/mol. The lowest BCUT2D eigenvalue weighted by molar-refractivity contribution is -0.120. The molecule has 256 valence electrons. The second-order valence-electron chi connectivity index (χ2n) is 13.4. The van der Waals surface area contributed by atoms with Crippen LogP contribution in [0.15, 0.2) is 85.1 Å². The minimum absolute atomic E-state index is 0.0731. The number of aromatic nitrogens is 4. The third kappa shape index (κ3) is 6.26. The summed E-state index contributed by atoms with van der Waals surface area (Å²) in [6.45, 7) is 3.69. The van der Waals surface area contributed by atoms with Gasteiger partial charge in [-0.15, -0.1) is 5.10 Å². The maximum absolute atomic E-state index is 14.1. The van der Waals surface area contributed by atoms with Crippen LogP contribution in [0.1, 0.15) is 49.3 Å². The molecule has 3 aromatic heterocycles. The minimum atomic E-state index is -0.361. The van der Waals surface area contributed by atoms with E-state index in [9.17, 15) is 14.0 Å². The van der Waals surface area contributed by atoms with E-state index in [0.29, 0.717) is 25.6 Å². The van der Waals surface area contributed by atoms with Crippen molar-refractivity contribution < 1.29 is 14.0 Å². The Bertz CT molecular complexity index is 2040. The standard InChI is InChI=1S/C38H40FN9O2/c1-44(25-27-7-2-3-11-32(27)47-22-18-37(49)42-38(47)50)29-16-20-45(21-17-29)35-13-5-10-30(41-35)33-24-40-34-14-15-36(43-48(33)34)46-19-6-12-31(46)26-8-4-9-28(39)23-26/h2-5,7-11,13-15,23-24,29,31H,6,12,16-22,25H2,1H3,(H,42,49,50)/t31-/m1/s1. The van der Waals surface area contributed by atoms with Crippen molar-refractivity contribution in [1.29, 1.82) is 0 Å². The van der Waals surface area contributed by atoms with Gasteiger partial charge in [0.1, 0.15) is 23.1 Å². The topological polar surface area (TPSA) is 102 Å². The maximum atomic E-state index is 14.1. The highest BCUT2D eigenvalue weighted by molar-refractivity contribution is 6.05. The van der Waals surface area contributed by atoms with Gasteiger partial charge in [-0.2, -0.15) is 0 Å². The summed E-state index contributed by atoms with van der Waals surface area (Å²) in [6, 6.07) is 25.0.